The van der Waals surface area contributed by atoms with Crippen molar-refractivity contribution in [2.24, 2.45) is 10.6 Å². The summed E-state index contributed by atoms with van der Waals surface area (Å²) < 4.78 is 0. The molecule has 2 rings (SSSR count). The molecular weight excluding hydrogens is 140 g/mol. The van der Waals surface area contributed by atoms with Gasteiger partial charge in [0.2, 0.25) is 0 Å². The second-order valence-corrected chi connectivity index (χ2v) is 3.74. The van der Waals surface area contributed by atoms with Crippen LogP contribution in [0.3, 0.4) is 0 Å². The highest BCUT2D eigenvalue weighted by Crippen LogP contribution is 2.37. The van der Waals surface area contributed by atoms with E-state index < -0.39 is 0 Å². The van der Waals surface area contributed by atoms with Crippen LogP contribution in [0.2, 0.25) is 0 Å². The molecule has 3 nitrogen and oxygen atoms in total. The first kappa shape index (κ1) is 7.10. The van der Waals surface area contributed by atoms with Crippen LogP contribution in [0.1, 0.15) is 19.3 Å². The van der Waals surface area contributed by atoms with Crippen molar-refractivity contribution < 1.29 is 5.21 Å². The number of oxime groups is 1. The van der Waals surface area contributed by atoms with Gasteiger partial charge in [0.25, 0.3) is 0 Å². The predicted molar refractivity (Wildman–Crippen MR) is 43.0 cm³/mol. The fourth-order valence-electron chi connectivity index (χ4n) is 2.33. The van der Waals surface area contributed by atoms with Crippen LogP contribution >= 0.6 is 0 Å². The van der Waals surface area contributed by atoms with Crippen molar-refractivity contribution in [2.45, 2.75) is 19.3 Å². The summed E-state index contributed by atoms with van der Waals surface area (Å²) >= 11 is 0. The molecule has 0 saturated carbocycles. The first-order valence-electron chi connectivity index (χ1n) is 4.26. The second kappa shape index (κ2) is 2.48. The molecule has 1 N–H and O–H groups in total. The van der Waals surface area contributed by atoms with E-state index in [-0.39, 0.29) is 5.41 Å². The molecule has 2 unspecified atom stereocenters. The average Bonchev–Trinajstić information content (AvgIpc) is 2.28. The van der Waals surface area contributed by atoms with Crippen molar-refractivity contribution >= 4 is 6.21 Å². The van der Waals surface area contributed by atoms with Gasteiger partial charge >= 0.3 is 0 Å². The Hall–Kier alpha value is -0.570. The molecule has 11 heavy (non-hydrogen) atoms. The summed E-state index contributed by atoms with van der Waals surface area (Å²) in [5.74, 6) is 0. The Balaban J connectivity index is 2.13. The number of piperidine rings is 1. The third kappa shape index (κ3) is 1.13. The van der Waals surface area contributed by atoms with Crippen LogP contribution in [0, 0.1) is 5.41 Å². The summed E-state index contributed by atoms with van der Waals surface area (Å²) in [6, 6.07) is 0. The summed E-state index contributed by atoms with van der Waals surface area (Å²) in [5, 5.41) is 11.7. The molecule has 2 heterocycles. The van der Waals surface area contributed by atoms with E-state index in [1.165, 1.54) is 32.4 Å². The van der Waals surface area contributed by atoms with E-state index in [0.717, 1.165) is 6.54 Å². The smallest absolute Gasteiger partial charge is 0.0511 e. The molecular formula is C8H14N2O. The summed E-state index contributed by atoms with van der Waals surface area (Å²) in [7, 11) is 0. The van der Waals surface area contributed by atoms with Gasteiger partial charge in [0, 0.05) is 12.0 Å². The summed E-state index contributed by atoms with van der Waals surface area (Å²) in [5.41, 5.74) is 0.229. The molecule has 3 heteroatoms. The lowest BCUT2D eigenvalue weighted by Gasteiger charge is -2.29. The molecule has 62 valence electrons. The Bertz CT molecular complexity index is 177. The van der Waals surface area contributed by atoms with Crippen molar-refractivity contribution in [1.29, 1.82) is 0 Å². The standard InChI is InChI=1S/C8H14N2O/c11-9-6-8-2-1-4-10(7-8)5-3-8/h6,11H,1-5,7H2/b9-6+. The second-order valence-electron chi connectivity index (χ2n) is 3.74. The molecule has 0 aromatic rings. The zero-order valence-corrected chi connectivity index (χ0v) is 6.66. The molecule has 2 fully saturated rings. The van der Waals surface area contributed by atoms with Crippen LogP contribution in [0.15, 0.2) is 5.16 Å². The molecule has 0 spiro atoms. The fraction of sp³-hybridized carbons (Fsp3) is 0.875. The molecule has 2 aliphatic heterocycles. The number of nitrogens with zero attached hydrogens (tertiary/aromatic N) is 2. The van der Waals surface area contributed by atoms with E-state index in [1.54, 1.807) is 6.21 Å². The largest absolute Gasteiger partial charge is 0.411 e. The van der Waals surface area contributed by atoms with E-state index in [1.807, 2.05) is 0 Å². The van der Waals surface area contributed by atoms with Gasteiger partial charge in [-0.2, -0.15) is 0 Å². The van der Waals surface area contributed by atoms with Gasteiger partial charge in [-0.1, -0.05) is 0 Å². The highest BCUT2D eigenvalue weighted by molar-refractivity contribution is 5.66. The lowest BCUT2D eigenvalue weighted by molar-refractivity contribution is 0.235. The molecule has 0 aromatic carbocycles. The van der Waals surface area contributed by atoms with Crippen molar-refractivity contribution in [3.8, 4) is 0 Å². The minimum Gasteiger partial charge on any atom is -0.411 e. The maximum atomic E-state index is 8.48. The Labute approximate surface area is 66.7 Å². The van der Waals surface area contributed by atoms with Gasteiger partial charge in [0.1, 0.15) is 0 Å². The first-order chi connectivity index (χ1) is 5.35. The highest BCUT2D eigenvalue weighted by atomic mass is 16.4. The van der Waals surface area contributed by atoms with Gasteiger partial charge in [-0.25, -0.2) is 0 Å². The molecule has 2 atom stereocenters. The molecule has 2 aliphatic rings. The maximum absolute atomic E-state index is 8.48. The Morgan fingerprint density at radius 3 is 3.09 bits per heavy atom. The van der Waals surface area contributed by atoms with Crippen molar-refractivity contribution in [1.82, 2.24) is 4.90 Å². The van der Waals surface area contributed by atoms with Crippen LogP contribution < -0.4 is 0 Å². The van der Waals surface area contributed by atoms with Gasteiger partial charge < -0.3 is 10.1 Å². The fourth-order valence-corrected chi connectivity index (χ4v) is 2.33. The quantitative estimate of drug-likeness (QED) is 0.346. The average molecular weight is 154 g/mol. The molecule has 0 aliphatic carbocycles. The molecule has 2 saturated heterocycles. The maximum Gasteiger partial charge on any atom is 0.0511 e. The van der Waals surface area contributed by atoms with Crippen molar-refractivity contribution in [2.75, 3.05) is 19.6 Å². The minimum absolute atomic E-state index is 0.229. The molecule has 0 amide bonds. The van der Waals surface area contributed by atoms with Crippen LogP contribution in [-0.4, -0.2) is 36.0 Å². The SMILES string of the molecule is O/N=C/C12CCCN(CC1)C2. The Morgan fingerprint density at radius 2 is 2.27 bits per heavy atom. The van der Waals surface area contributed by atoms with E-state index in [2.05, 4.69) is 10.1 Å². The van der Waals surface area contributed by atoms with E-state index >= 15 is 0 Å². The van der Waals surface area contributed by atoms with Crippen molar-refractivity contribution in [3.63, 3.8) is 0 Å². The number of hydrogen-bond donors (Lipinski definition) is 1. The normalized spacial score (nSPS) is 43.5. The Morgan fingerprint density at radius 1 is 1.36 bits per heavy atom. The third-order valence-electron chi connectivity index (χ3n) is 2.95. The van der Waals surface area contributed by atoms with Gasteiger partial charge in [-0.3, -0.25) is 0 Å². The van der Waals surface area contributed by atoms with Crippen LogP contribution in [0.25, 0.3) is 0 Å². The monoisotopic (exact) mass is 154 g/mol. The summed E-state index contributed by atoms with van der Waals surface area (Å²) in [4.78, 5) is 2.45. The summed E-state index contributed by atoms with van der Waals surface area (Å²) in [6.07, 6.45) is 5.38. The van der Waals surface area contributed by atoms with Crippen molar-refractivity contribution in [3.05, 3.63) is 0 Å². The van der Waals surface area contributed by atoms with E-state index in [0.29, 0.717) is 0 Å². The highest BCUT2D eigenvalue weighted by Gasteiger charge is 2.39. The lowest BCUT2D eigenvalue weighted by Crippen LogP contribution is -2.34. The van der Waals surface area contributed by atoms with Gasteiger partial charge in [0.05, 0.1) is 6.21 Å². The van der Waals surface area contributed by atoms with E-state index in [4.69, 9.17) is 5.21 Å². The number of rotatable bonds is 1. The minimum atomic E-state index is 0.229. The predicted octanol–water partition coefficient (Wildman–Crippen LogP) is 0.932. The lowest BCUT2D eigenvalue weighted by atomic mass is 9.82. The zero-order valence-electron chi connectivity index (χ0n) is 6.66. The molecule has 0 radical (unpaired) electrons. The Kier molecular flexibility index (Phi) is 1.60. The summed E-state index contributed by atoms with van der Waals surface area (Å²) in [6.45, 7) is 3.53. The van der Waals surface area contributed by atoms with Crippen LogP contribution in [0.4, 0.5) is 0 Å². The van der Waals surface area contributed by atoms with Crippen LogP contribution in [0.5, 0.6) is 0 Å². The first-order valence-corrected chi connectivity index (χ1v) is 4.26. The van der Waals surface area contributed by atoms with E-state index in [9.17, 15) is 0 Å². The number of hydrogen-bond acceptors (Lipinski definition) is 3. The van der Waals surface area contributed by atoms with Crippen LogP contribution in [-0.2, 0) is 0 Å². The molecule has 2 bridgehead atoms. The van der Waals surface area contributed by atoms with Gasteiger partial charge in [-0.05, 0) is 32.4 Å². The van der Waals surface area contributed by atoms with Gasteiger partial charge in [-0.15, -0.1) is 5.16 Å². The number of fused-ring (bicyclic) bond motifs is 2. The molecule has 0 aromatic heterocycles. The van der Waals surface area contributed by atoms with Gasteiger partial charge in [0.15, 0.2) is 0 Å². The third-order valence-corrected chi connectivity index (χ3v) is 2.95. The topological polar surface area (TPSA) is 35.8 Å². The zero-order chi connectivity index (χ0) is 7.73.